The third-order valence-electron chi connectivity index (χ3n) is 17.9. The Hall–Kier alpha value is -9.62. The van der Waals surface area contributed by atoms with Gasteiger partial charge in [-0.25, -0.2) is 0 Å². The molecule has 13 aromatic rings. The highest BCUT2D eigenvalue weighted by molar-refractivity contribution is 6.00. The van der Waals surface area contributed by atoms with Gasteiger partial charge in [0.05, 0.1) is 0 Å². The first kappa shape index (κ1) is 47.6. The van der Waals surface area contributed by atoms with E-state index in [9.17, 15) is 0 Å². The summed E-state index contributed by atoms with van der Waals surface area (Å²) in [4.78, 5) is 0. The highest BCUT2D eigenvalue weighted by Crippen LogP contribution is 2.53. The van der Waals surface area contributed by atoms with Crippen LogP contribution in [-0.2, 0) is 10.8 Å². The zero-order valence-corrected chi connectivity index (χ0v) is 45.6. The maximum Gasteiger partial charge on any atom is 0.0159 e. The van der Waals surface area contributed by atoms with E-state index in [0.29, 0.717) is 0 Å². The van der Waals surface area contributed by atoms with Crippen molar-refractivity contribution in [2.45, 2.75) is 38.5 Å². The van der Waals surface area contributed by atoms with Crippen molar-refractivity contribution >= 4 is 21.5 Å². The molecule has 15 rings (SSSR count). The van der Waals surface area contributed by atoms with E-state index >= 15 is 0 Å². The molecule has 0 heteroatoms. The Morgan fingerprint density at radius 2 is 0.438 bits per heavy atom. The molecule has 0 nitrogen and oxygen atoms in total. The fourth-order valence-electron chi connectivity index (χ4n) is 13.5. The number of fused-ring (bicyclic) bond motifs is 8. The van der Waals surface area contributed by atoms with Crippen molar-refractivity contribution in [1.82, 2.24) is 0 Å². The van der Waals surface area contributed by atoms with Gasteiger partial charge in [-0.3, -0.25) is 0 Å². The molecule has 0 aliphatic heterocycles. The van der Waals surface area contributed by atoms with Crippen LogP contribution in [0, 0.1) is 0 Å². The summed E-state index contributed by atoms with van der Waals surface area (Å²) in [6.45, 7) is 9.60. The second-order valence-electron chi connectivity index (χ2n) is 23.3. The second-order valence-corrected chi connectivity index (χ2v) is 23.3. The molecule has 0 saturated carbocycles. The van der Waals surface area contributed by atoms with Crippen LogP contribution >= 0.6 is 0 Å². The first-order chi connectivity index (χ1) is 39.1. The molecule has 0 fully saturated rings. The average Bonchev–Trinajstić information content (AvgIpc) is 4.06. The first-order valence-corrected chi connectivity index (χ1v) is 28.2. The van der Waals surface area contributed by atoms with Crippen molar-refractivity contribution in [3.05, 3.63) is 301 Å². The van der Waals surface area contributed by atoms with Crippen LogP contribution in [0.5, 0.6) is 0 Å². The van der Waals surface area contributed by atoms with Crippen molar-refractivity contribution in [3.63, 3.8) is 0 Å². The number of rotatable bonds is 8. The Kier molecular flexibility index (Phi) is 11.0. The Morgan fingerprint density at radius 3 is 0.800 bits per heavy atom. The summed E-state index contributed by atoms with van der Waals surface area (Å²) in [5.74, 6) is 0. The molecule has 0 radical (unpaired) electrons. The Balaban J connectivity index is 0.720. The van der Waals surface area contributed by atoms with E-state index in [4.69, 9.17) is 0 Å². The summed E-state index contributed by atoms with van der Waals surface area (Å²) in [5, 5.41) is 5.04. The predicted molar refractivity (Wildman–Crippen MR) is 340 cm³/mol. The van der Waals surface area contributed by atoms with Crippen molar-refractivity contribution < 1.29 is 0 Å². The van der Waals surface area contributed by atoms with Crippen LogP contribution in [-0.4, -0.2) is 0 Å². The molecule has 0 atom stereocenters. The molecular formula is C80H58. The van der Waals surface area contributed by atoms with Crippen LogP contribution in [0.3, 0.4) is 0 Å². The summed E-state index contributed by atoms with van der Waals surface area (Å²) in [6.07, 6.45) is 0. The van der Waals surface area contributed by atoms with Gasteiger partial charge in [-0.2, -0.15) is 0 Å². The minimum absolute atomic E-state index is 0.186. The quantitative estimate of drug-likeness (QED) is 0.142. The largest absolute Gasteiger partial charge is 0.0622 e. The van der Waals surface area contributed by atoms with Gasteiger partial charge in [0, 0.05) is 10.8 Å². The molecule has 0 saturated heterocycles. The molecule has 2 aliphatic carbocycles. The van der Waals surface area contributed by atoms with Crippen LogP contribution < -0.4 is 0 Å². The minimum Gasteiger partial charge on any atom is -0.0622 e. The zero-order chi connectivity index (χ0) is 53.7. The van der Waals surface area contributed by atoms with Crippen molar-refractivity contribution in [2.24, 2.45) is 0 Å². The lowest BCUT2D eigenvalue weighted by molar-refractivity contribution is 0.660. The summed E-state index contributed by atoms with van der Waals surface area (Å²) in [6, 6.07) is 104. The standard InChI is InChI=1S/C80H58/c1-79(2)75-47-57(33-37-71(75)73-39-35-59(49-77(73)79)63-41-61(51-17-7-5-8-18-51)43-65(45-63)69-27-15-23-55-21-11-13-25-67(55)69)53-29-31-54(32-30-53)58-34-38-72-74-40-36-60(50-78(74)80(3,4)76(72)48-58)64-42-62(52-19-9-6-10-20-52)44-66(46-64)70-28-16-24-56-22-12-14-26-68(56)70/h5-50H,1-4H3. The Bertz CT molecular complexity index is 4300. The van der Waals surface area contributed by atoms with Crippen LogP contribution in [0.1, 0.15) is 49.9 Å². The number of hydrogen-bond acceptors (Lipinski definition) is 0. The number of hydrogen-bond donors (Lipinski definition) is 0. The van der Waals surface area contributed by atoms with E-state index in [-0.39, 0.29) is 10.8 Å². The second kappa shape index (κ2) is 18.5. The van der Waals surface area contributed by atoms with Crippen LogP contribution in [0.2, 0.25) is 0 Å². The highest BCUT2D eigenvalue weighted by Gasteiger charge is 2.37. The zero-order valence-electron chi connectivity index (χ0n) is 45.6. The van der Waals surface area contributed by atoms with Gasteiger partial charge in [0.25, 0.3) is 0 Å². The van der Waals surface area contributed by atoms with Crippen LogP contribution in [0.25, 0.3) is 133 Å². The fraction of sp³-hybridized carbons (Fsp3) is 0.0750. The van der Waals surface area contributed by atoms with Gasteiger partial charge >= 0.3 is 0 Å². The molecule has 2 aliphatic rings. The monoisotopic (exact) mass is 1020 g/mol. The third kappa shape index (κ3) is 7.89. The fourth-order valence-corrected chi connectivity index (χ4v) is 13.5. The maximum absolute atomic E-state index is 2.46. The molecule has 0 aromatic heterocycles. The smallest absolute Gasteiger partial charge is 0.0159 e. The van der Waals surface area contributed by atoms with E-state index < -0.39 is 0 Å². The molecule has 13 aromatic carbocycles. The lowest BCUT2D eigenvalue weighted by Gasteiger charge is -2.23. The Labute approximate surface area is 470 Å². The van der Waals surface area contributed by atoms with Crippen molar-refractivity contribution in [2.75, 3.05) is 0 Å². The van der Waals surface area contributed by atoms with Gasteiger partial charge in [-0.05, 0) is 216 Å². The van der Waals surface area contributed by atoms with Gasteiger partial charge in [0.2, 0.25) is 0 Å². The SMILES string of the molecule is CC1(C)c2cc(-c3ccc(-c4ccc5c(c4)C(C)(C)c4cc(-c6cc(-c7ccccc7)cc(-c7cccc8ccccc78)c6)ccc4-5)cc3)ccc2-c2ccc(-c3cc(-c4ccccc4)cc(-c4cccc5ccccc45)c3)cc21. The van der Waals surface area contributed by atoms with Crippen LogP contribution in [0.4, 0.5) is 0 Å². The van der Waals surface area contributed by atoms with Gasteiger partial charge in [-0.15, -0.1) is 0 Å². The number of benzene rings is 13. The molecular weight excluding hydrogens is 961 g/mol. The lowest BCUT2D eigenvalue weighted by atomic mass is 9.80. The molecule has 80 heavy (non-hydrogen) atoms. The van der Waals surface area contributed by atoms with E-state index in [1.165, 1.54) is 155 Å². The van der Waals surface area contributed by atoms with E-state index in [1.54, 1.807) is 0 Å². The maximum atomic E-state index is 2.46. The molecule has 0 unspecified atom stereocenters. The van der Waals surface area contributed by atoms with Crippen molar-refractivity contribution in [3.8, 4) is 111 Å². The normalized spacial score (nSPS) is 13.4. The summed E-state index contributed by atoms with van der Waals surface area (Å²) in [7, 11) is 0. The Morgan fingerprint density at radius 1 is 0.175 bits per heavy atom. The van der Waals surface area contributed by atoms with Crippen molar-refractivity contribution in [1.29, 1.82) is 0 Å². The minimum atomic E-state index is -0.186. The van der Waals surface area contributed by atoms with Gasteiger partial charge in [0.1, 0.15) is 0 Å². The summed E-state index contributed by atoms with van der Waals surface area (Å²) < 4.78 is 0. The van der Waals surface area contributed by atoms with Gasteiger partial charge in [-0.1, -0.05) is 246 Å². The summed E-state index contributed by atoms with van der Waals surface area (Å²) >= 11 is 0. The third-order valence-corrected chi connectivity index (χ3v) is 17.9. The van der Waals surface area contributed by atoms with Gasteiger partial charge in [0.15, 0.2) is 0 Å². The molecule has 0 spiro atoms. The lowest BCUT2D eigenvalue weighted by Crippen LogP contribution is -2.15. The van der Waals surface area contributed by atoms with Gasteiger partial charge < -0.3 is 0 Å². The molecule has 378 valence electrons. The molecule has 0 bridgehead atoms. The predicted octanol–water partition coefficient (Wildman–Crippen LogP) is 21.9. The average molecular weight is 1020 g/mol. The first-order valence-electron chi connectivity index (χ1n) is 28.2. The van der Waals surface area contributed by atoms with E-state index in [2.05, 4.69) is 307 Å². The highest BCUT2D eigenvalue weighted by atomic mass is 14.4. The van der Waals surface area contributed by atoms with E-state index in [0.717, 1.165) is 0 Å². The molecule has 0 N–H and O–H groups in total. The van der Waals surface area contributed by atoms with Crippen LogP contribution in [0.15, 0.2) is 279 Å². The summed E-state index contributed by atoms with van der Waals surface area (Å²) in [5.41, 5.74) is 30.1. The molecule has 0 heterocycles. The van der Waals surface area contributed by atoms with E-state index in [1.807, 2.05) is 0 Å². The molecule has 0 amide bonds. The topological polar surface area (TPSA) is 0 Å².